The van der Waals surface area contributed by atoms with Crippen LogP contribution in [0.2, 0.25) is 0 Å². The zero-order chi connectivity index (χ0) is 13.1. The van der Waals surface area contributed by atoms with Crippen molar-refractivity contribution in [2.45, 2.75) is 19.4 Å². The fourth-order valence-electron chi connectivity index (χ4n) is 2.67. The van der Waals surface area contributed by atoms with Gasteiger partial charge < -0.3 is 10.6 Å². The summed E-state index contributed by atoms with van der Waals surface area (Å²) in [6.45, 7) is 4.91. The Morgan fingerprint density at radius 1 is 1.26 bits per heavy atom. The molecule has 1 aromatic carbocycles. The molecule has 0 aliphatic carbocycles. The van der Waals surface area contributed by atoms with E-state index < -0.39 is 0 Å². The van der Waals surface area contributed by atoms with Crippen molar-refractivity contribution >= 4 is 11.6 Å². The second kappa shape index (κ2) is 5.72. The Kier molecular flexibility index (Phi) is 3.80. The highest BCUT2D eigenvalue weighted by molar-refractivity contribution is 5.94. The maximum absolute atomic E-state index is 12.0. The van der Waals surface area contributed by atoms with E-state index >= 15 is 0 Å². The first-order valence-electron chi connectivity index (χ1n) is 7.15. The minimum absolute atomic E-state index is 0.139. The van der Waals surface area contributed by atoms with Crippen molar-refractivity contribution in [3.05, 3.63) is 29.8 Å². The van der Waals surface area contributed by atoms with Crippen LogP contribution in [0.3, 0.4) is 0 Å². The number of rotatable bonds is 4. The number of para-hydroxylation sites is 1. The van der Waals surface area contributed by atoms with Crippen molar-refractivity contribution in [3.63, 3.8) is 0 Å². The molecule has 4 nitrogen and oxygen atoms in total. The number of anilines is 1. The van der Waals surface area contributed by atoms with Gasteiger partial charge in [0.25, 0.3) is 0 Å². The summed E-state index contributed by atoms with van der Waals surface area (Å²) in [5.41, 5.74) is 2.20. The standard InChI is InChI=1S/C15H21N3O/c19-15(13-9-16-10-13)17-14-6-2-1-5-12(14)11-18-7-3-4-8-18/h1-2,5-6,13,16H,3-4,7-11H2,(H,17,19). The molecular weight excluding hydrogens is 238 g/mol. The zero-order valence-corrected chi connectivity index (χ0v) is 11.2. The molecule has 0 bridgehead atoms. The van der Waals surface area contributed by atoms with Crippen LogP contribution in [-0.4, -0.2) is 37.0 Å². The number of nitrogens with one attached hydrogen (secondary N) is 2. The fourth-order valence-corrected chi connectivity index (χ4v) is 2.67. The topological polar surface area (TPSA) is 44.4 Å². The van der Waals surface area contributed by atoms with Gasteiger partial charge in [-0.3, -0.25) is 9.69 Å². The smallest absolute Gasteiger partial charge is 0.230 e. The Labute approximate surface area is 114 Å². The third-order valence-electron chi connectivity index (χ3n) is 4.02. The van der Waals surface area contributed by atoms with E-state index in [1.807, 2.05) is 18.2 Å². The Balaban J connectivity index is 1.67. The van der Waals surface area contributed by atoms with E-state index in [2.05, 4.69) is 21.6 Å². The molecule has 4 heteroatoms. The predicted octanol–water partition coefficient (Wildman–Crippen LogP) is 1.44. The van der Waals surface area contributed by atoms with E-state index in [9.17, 15) is 4.79 Å². The van der Waals surface area contributed by atoms with Gasteiger partial charge in [-0.1, -0.05) is 18.2 Å². The maximum atomic E-state index is 12.0. The van der Waals surface area contributed by atoms with E-state index in [1.165, 1.54) is 31.5 Å². The molecule has 102 valence electrons. The molecule has 2 heterocycles. The van der Waals surface area contributed by atoms with Crippen molar-refractivity contribution in [1.82, 2.24) is 10.2 Å². The van der Waals surface area contributed by atoms with Crippen LogP contribution in [-0.2, 0) is 11.3 Å². The Morgan fingerprint density at radius 2 is 2.00 bits per heavy atom. The molecule has 0 spiro atoms. The molecular formula is C15H21N3O. The summed E-state index contributed by atoms with van der Waals surface area (Å²) in [7, 11) is 0. The quantitative estimate of drug-likeness (QED) is 0.860. The number of nitrogens with zero attached hydrogens (tertiary/aromatic N) is 1. The molecule has 2 N–H and O–H groups in total. The summed E-state index contributed by atoms with van der Waals surface area (Å²) in [5.74, 6) is 0.285. The lowest BCUT2D eigenvalue weighted by molar-refractivity contribution is -0.121. The number of amides is 1. The molecule has 3 rings (SSSR count). The largest absolute Gasteiger partial charge is 0.325 e. The van der Waals surface area contributed by atoms with Crippen molar-refractivity contribution < 1.29 is 4.79 Å². The highest BCUT2D eigenvalue weighted by atomic mass is 16.2. The van der Waals surface area contributed by atoms with Crippen LogP contribution in [0.15, 0.2) is 24.3 Å². The molecule has 1 aromatic rings. The minimum atomic E-state index is 0.139. The van der Waals surface area contributed by atoms with Gasteiger partial charge in [-0.2, -0.15) is 0 Å². The number of carbonyl (C=O) groups is 1. The van der Waals surface area contributed by atoms with E-state index in [-0.39, 0.29) is 11.8 Å². The molecule has 0 radical (unpaired) electrons. The van der Waals surface area contributed by atoms with Gasteiger partial charge in [0, 0.05) is 25.3 Å². The van der Waals surface area contributed by atoms with Crippen LogP contribution in [0, 0.1) is 5.92 Å². The third kappa shape index (κ3) is 2.96. The molecule has 19 heavy (non-hydrogen) atoms. The summed E-state index contributed by atoms with van der Waals surface area (Å²) in [6.07, 6.45) is 2.59. The summed E-state index contributed by atoms with van der Waals surface area (Å²) in [6, 6.07) is 8.16. The molecule has 2 fully saturated rings. The van der Waals surface area contributed by atoms with Crippen LogP contribution >= 0.6 is 0 Å². The molecule has 2 aliphatic rings. The van der Waals surface area contributed by atoms with Crippen LogP contribution < -0.4 is 10.6 Å². The predicted molar refractivity (Wildman–Crippen MR) is 75.9 cm³/mol. The minimum Gasteiger partial charge on any atom is -0.325 e. The highest BCUT2D eigenvalue weighted by Gasteiger charge is 2.25. The summed E-state index contributed by atoms with van der Waals surface area (Å²) in [4.78, 5) is 14.5. The second-order valence-electron chi connectivity index (χ2n) is 5.48. The molecule has 0 unspecified atom stereocenters. The lowest BCUT2D eigenvalue weighted by atomic mass is 10.0. The van der Waals surface area contributed by atoms with Crippen molar-refractivity contribution in [3.8, 4) is 0 Å². The van der Waals surface area contributed by atoms with Gasteiger partial charge in [-0.15, -0.1) is 0 Å². The van der Waals surface area contributed by atoms with Crippen molar-refractivity contribution in [2.75, 3.05) is 31.5 Å². The van der Waals surface area contributed by atoms with Crippen molar-refractivity contribution in [1.29, 1.82) is 0 Å². The summed E-state index contributed by atoms with van der Waals surface area (Å²) >= 11 is 0. The van der Waals surface area contributed by atoms with Crippen LogP contribution in [0.5, 0.6) is 0 Å². The molecule has 0 atom stereocenters. The first-order chi connectivity index (χ1) is 9.33. The highest BCUT2D eigenvalue weighted by Crippen LogP contribution is 2.21. The number of likely N-dealkylation sites (tertiary alicyclic amines) is 1. The third-order valence-corrected chi connectivity index (χ3v) is 4.02. The molecule has 1 amide bonds. The lowest BCUT2D eigenvalue weighted by Gasteiger charge is -2.26. The van der Waals surface area contributed by atoms with Crippen LogP contribution in [0.1, 0.15) is 18.4 Å². The van der Waals surface area contributed by atoms with E-state index in [0.717, 1.165) is 25.3 Å². The molecule has 0 aromatic heterocycles. The number of benzene rings is 1. The van der Waals surface area contributed by atoms with Crippen molar-refractivity contribution in [2.24, 2.45) is 5.92 Å². The lowest BCUT2D eigenvalue weighted by Crippen LogP contribution is -2.48. The fraction of sp³-hybridized carbons (Fsp3) is 0.533. The number of carbonyl (C=O) groups excluding carboxylic acids is 1. The van der Waals surface area contributed by atoms with Gasteiger partial charge in [0.1, 0.15) is 0 Å². The van der Waals surface area contributed by atoms with Gasteiger partial charge in [-0.05, 0) is 37.6 Å². The van der Waals surface area contributed by atoms with Crippen LogP contribution in [0.4, 0.5) is 5.69 Å². The van der Waals surface area contributed by atoms with E-state index in [4.69, 9.17) is 0 Å². The second-order valence-corrected chi connectivity index (χ2v) is 5.48. The van der Waals surface area contributed by atoms with Gasteiger partial charge in [0.2, 0.25) is 5.91 Å². The molecule has 0 saturated carbocycles. The summed E-state index contributed by atoms with van der Waals surface area (Å²) in [5, 5.41) is 6.21. The van der Waals surface area contributed by atoms with Gasteiger partial charge in [0.15, 0.2) is 0 Å². The maximum Gasteiger partial charge on any atom is 0.230 e. The Morgan fingerprint density at radius 3 is 2.68 bits per heavy atom. The Bertz CT molecular complexity index is 450. The van der Waals surface area contributed by atoms with Gasteiger partial charge in [-0.25, -0.2) is 0 Å². The SMILES string of the molecule is O=C(Nc1ccccc1CN1CCCC1)C1CNC1. The van der Waals surface area contributed by atoms with E-state index in [0.29, 0.717) is 0 Å². The van der Waals surface area contributed by atoms with Gasteiger partial charge >= 0.3 is 0 Å². The average Bonchev–Trinajstić information content (AvgIpc) is 2.82. The Hall–Kier alpha value is -1.39. The number of hydrogen-bond acceptors (Lipinski definition) is 3. The van der Waals surface area contributed by atoms with Gasteiger partial charge in [0.05, 0.1) is 5.92 Å². The number of hydrogen-bond donors (Lipinski definition) is 2. The normalized spacial score (nSPS) is 20.2. The molecule has 2 saturated heterocycles. The monoisotopic (exact) mass is 259 g/mol. The zero-order valence-electron chi connectivity index (χ0n) is 11.2. The first-order valence-corrected chi connectivity index (χ1v) is 7.15. The van der Waals surface area contributed by atoms with E-state index in [1.54, 1.807) is 0 Å². The molecule has 2 aliphatic heterocycles. The summed E-state index contributed by atoms with van der Waals surface area (Å²) < 4.78 is 0. The average molecular weight is 259 g/mol. The first kappa shape index (κ1) is 12.6. The van der Waals surface area contributed by atoms with Crippen LogP contribution in [0.25, 0.3) is 0 Å².